The number of amides is 1. The molecule has 0 aliphatic heterocycles. The lowest BCUT2D eigenvalue weighted by molar-refractivity contribution is -0.126. The fourth-order valence-electron chi connectivity index (χ4n) is 4.06. The van der Waals surface area contributed by atoms with E-state index in [1.165, 1.54) is 19.3 Å². The number of hydrogen-bond donors (Lipinski definition) is 1. The molecule has 2 heterocycles. The van der Waals surface area contributed by atoms with Crippen molar-refractivity contribution in [1.82, 2.24) is 19.9 Å². The monoisotopic (exact) mass is 296 g/mol. The minimum absolute atomic E-state index is 0.215. The second-order valence-electron chi connectivity index (χ2n) is 6.46. The van der Waals surface area contributed by atoms with Crippen LogP contribution in [0.3, 0.4) is 0 Å². The van der Waals surface area contributed by atoms with Crippen LogP contribution in [0.4, 0.5) is 0 Å². The number of nitrogens with one attached hydrogen (secondary N) is 1. The Morgan fingerprint density at radius 2 is 2.27 bits per heavy atom. The van der Waals surface area contributed by atoms with Gasteiger partial charge in [0.15, 0.2) is 0 Å². The van der Waals surface area contributed by atoms with Crippen LogP contribution < -0.4 is 5.32 Å². The lowest BCUT2D eigenvalue weighted by Crippen LogP contribution is -2.33. The second-order valence-corrected chi connectivity index (χ2v) is 6.46. The van der Waals surface area contributed by atoms with Crippen molar-refractivity contribution in [1.29, 1.82) is 0 Å². The van der Waals surface area contributed by atoms with E-state index in [1.807, 2.05) is 22.9 Å². The summed E-state index contributed by atoms with van der Waals surface area (Å²) in [5.74, 6) is 2.68. The molecular weight excluding hydrogens is 276 g/mol. The van der Waals surface area contributed by atoms with Gasteiger partial charge in [-0.15, -0.1) is 0 Å². The molecule has 3 atom stereocenters. The summed E-state index contributed by atoms with van der Waals surface area (Å²) in [5, 5.41) is 3.12. The molecule has 114 valence electrons. The number of hydrogen-bond acceptors (Lipinski definition) is 3. The van der Waals surface area contributed by atoms with Gasteiger partial charge in [-0.25, -0.2) is 9.97 Å². The molecule has 5 nitrogen and oxygen atoms in total. The number of rotatable bonds is 4. The fourth-order valence-corrected chi connectivity index (χ4v) is 4.06. The van der Waals surface area contributed by atoms with Crippen LogP contribution in [0.25, 0.3) is 5.82 Å². The van der Waals surface area contributed by atoms with Crippen molar-refractivity contribution < 1.29 is 4.79 Å². The summed E-state index contributed by atoms with van der Waals surface area (Å²) in [4.78, 5) is 20.9. The first kappa shape index (κ1) is 13.5. The van der Waals surface area contributed by atoms with Gasteiger partial charge in [-0.3, -0.25) is 9.36 Å². The van der Waals surface area contributed by atoms with Crippen LogP contribution in [-0.2, 0) is 11.3 Å². The van der Waals surface area contributed by atoms with Crippen molar-refractivity contribution in [3.8, 4) is 5.82 Å². The van der Waals surface area contributed by atoms with E-state index in [0.717, 1.165) is 23.7 Å². The molecule has 1 N–H and O–H groups in total. The Morgan fingerprint density at radius 1 is 1.32 bits per heavy atom. The summed E-state index contributed by atoms with van der Waals surface area (Å²) in [6, 6.07) is 3.91. The maximum Gasteiger partial charge on any atom is 0.223 e. The van der Waals surface area contributed by atoms with Gasteiger partial charge in [0, 0.05) is 36.6 Å². The number of nitrogens with zero attached hydrogens (tertiary/aromatic N) is 3. The predicted molar refractivity (Wildman–Crippen MR) is 82.1 cm³/mol. The highest BCUT2D eigenvalue weighted by Gasteiger charge is 2.42. The van der Waals surface area contributed by atoms with E-state index in [-0.39, 0.29) is 11.8 Å². The Labute approximate surface area is 129 Å². The number of carbonyl (C=O) groups excluding carboxylic acids is 1. The van der Waals surface area contributed by atoms with Crippen molar-refractivity contribution in [2.24, 2.45) is 17.8 Å². The van der Waals surface area contributed by atoms with Gasteiger partial charge >= 0.3 is 0 Å². The number of imidazole rings is 1. The molecule has 2 saturated carbocycles. The van der Waals surface area contributed by atoms with Crippen LogP contribution in [0, 0.1) is 17.8 Å². The summed E-state index contributed by atoms with van der Waals surface area (Å²) < 4.78 is 1.87. The average Bonchev–Trinajstić information content (AvgIpc) is 3.29. The normalized spacial score (nSPS) is 26.3. The van der Waals surface area contributed by atoms with E-state index in [2.05, 4.69) is 15.3 Å². The summed E-state index contributed by atoms with van der Waals surface area (Å²) >= 11 is 0. The van der Waals surface area contributed by atoms with E-state index < -0.39 is 0 Å². The van der Waals surface area contributed by atoms with Gasteiger partial charge in [-0.1, -0.05) is 12.5 Å². The molecule has 2 aromatic heterocycles. The van der Waals surface area contributed by atoms with Crippen molar-refractivity contribution in [2.45, 2.75) is 32.2 Å². The third kappa shape index (κ3) is 2.40. The maximum absolute atomic E-state index is 12.5. The number of aromatic nitrogens is 3. The molecule has 4 rings (SSSR count). The molecule has 2 aromatic rings. The molecule has 5 heteroatoms. The van der Waals surface area contributed by atoms with E-state index in [1.54, 1.807) is 18.7 Å². The molecular formula is C17H20N4O. The first-order chi connectivity index (χ1) is 10.8. The highest BCUT2D eigenvalue weighted by molar-refractivity contribution is 5.79. The minimum atomic E-state index is 0.215. The molecule has 1 amide bonds. The van der Waals surface area contributed by atoms with Crippen molar-refractivity contribution in [2.75, 3.05) is 0 Å². The van der Waals surface area contributed by atoms with Crippen LogP contribution in [0.15, 0.2) is 37.1 Å². The summed E-state index contributed by atoms with van der Waals surface area (Å²) in [5.41, 5.74) is 1.01. The van der Waals surface area contributed by atoms with Crippen LogP contribution in [-0.4, -0.2) is 20.4 Å². The fraction of sp³-hybridized carbons (Fsp3) is 0.471. The zero-order valence-corrected chi connectivity index (χ0v) is 12.5. The Kier molecular flexibility index (Phi) is 3.41. The molecule has 0 spiro atoms. The highest BCUT2D eigenvalue weighted by Crippen LogP contribution is 2.48. The molecule has 22 heavy (non-hydrogen) atoms. The Bertz CT molecular complexity index is 667. The third-order valence-corrected chi connectivity index (χ3v) is 5.14. The standard InChI is InChI=1S/C17H20N4O/c22-17(15-9-12-3-4-13(15)8-12)20-10-14-2-1-5-19-16(14)21-7-6-18-11-21/h1-2,5-7,11-13,15H,3-4,8-10H2,(H,20,22). The maximum atomic E-state index is 12.5. The summed E-state index contributed by atoms with van der Waals surface area (Å²) in [7, 11) is 0. The van der Waals surface area contributed by atoms with E-state index in [0.29, 0.717) is 12.5 Å². The molecule has 2 fully saturated rings. The smallest absolute Gasteiger partial charge is 0.223 e. The zero-order chi connectivity index (χ0) is 14.9. The van der Waals surface area contributed by atoms with Gasteiger partial charge in [0.1, 0.15) is 12.1 Å². The number of carbonyl (C=O) groups is 1. The molecule has 0 aromatic carbocycles. The van der Waals surface area contributed by atoms with Crippen molar-refractivity contribution >= 4 is 5.91 Å². The molecule has 0 radical (unpaired) electrons. The Hall–Kier alpha value is -2.17. The van der Waals surface area contributed by atoms with Gasteiger partial charge in [0.25, 0.3) is 0 Å². The van der Waals surface area contributed by atoms with E-state index >= 15 is 0 Å². The van der Waals surface area contributed by atoms with Crippen LogP contribution >= 0.6 is 0 Å². The molecule has 2 aliphatic carbocycles. The largest absolute Gasteiger partial charge is 0.352 e. The molecule has 2 aliphatic rings. The first-order valence-electron chi connectivity index (χ1n) is 8.01. The predicted octanol–water partition coefficient (Wildman–Crippen LogP) is 2.32. The van der Waals surface area contributed by atoms with Crippen LogP contribution in [0.2, 0.25) is 0 Å². The van der Waals surface area contributed by atoms with Crippen molar-refractivity contribution in [3.63, 3.8) is 0 Å². The van der Waals surface area contributed by atoms with Gasteiger partial charge in [-0.05, 0) is 37.2 Å². The first-order valence-corrected chi connectivity index (χ1v) is 8.01. The molecule has 3 unspecified atom stereocenters. The number of pyridine rings is 1. The van der Waals surface area contributed by atoms with E-state index in [9.17, 15) is 4.79 Å². The Morgan fingerprint density at radius 3 is 3.00 bits per heavy atom. The summed E-state index contributed by atoms with van der Waals surface area (Å²) in [6.07, 6.45) is 12.0. The van der Waals surface area contributed by atoms with E-state index in [4.69, 9.17) is 0 Å². The zero-order valence-electron chi connectivity index (χ0n) is 12.5. The third-order valence-electron chi connectivity index (χ3n) is 5.14. The molecule has 2 bridgehead atoms. The Balaban J connectivity index is 1.45. The van der Waals surface area contributed by atoms with Gasteiger partial charge < -0.3 is 5.32 Å². The van der Waals surface area contributed by atoms with Crippen LogP contribution in [0.1, 0.15) is 31.2 Å². The number of fused-ring (bicyclic) bond motifs is 2. The SMILES string of the molecule is O=C(NCc1cccnc1-n1ccnc1)C1CC2CCC1C2. The quantitative estimate of drug-likeness (QED) is 0.942. The lowest BCUT2D eigenvalue weighted by atomic mass is 9.88. The topological polar surface area (TPSA) is 59.8 Å². The van der Waals surface area contributed by atoms with Gasteiger partial charge in [0.05, 0.1) is 0 Å². The van der Waals surface area contributed by atoms with Crippen molar-refractivity contribution in [3.05, 3.63) is 42.6 Å². The molecule has 0 saturated heterocycles. The van der Waals surface area contributed by atoms with Crippen LogP contribution in [0.5, 0.6) is 0 Å². The van der Waals surface area contributed by atoms with Gasteiger partial charge in [0.2, 0.25) is 5.91 Å². The highest BCUT2D eigenvalue weighted by atomic mass is 16.1. The summed E-state index contributed by atoms with van der Waals surface area (Å²) in [6.45, 7) is 0.522. The lowest BCUT2D eigenvalue weighted by Gasteiger charge is -2.21. The average molecular weight is 296 g/mol. The van der Waals surface area contributed by atoms with Gasteiger partial charge in [-0.2, -0.15) is 0 Å². The second kappa shape index (κ2) is 5.55. The minimum Gasteiger partial charge on any atom is -0.352 e.